The van der Waals surface area contributed by atoms with E-state index in [4.69, 9.17) is 9.05 Å². The molecule has 91 heavy (non-hydrogen) atoms. The summed E-state index contributed by atoms with van der Waals surface area (Å²) in [5.74, 6) is -0.204. The summed E-state index contributed by atoms with van der Waals surface area (Å²) in [4.78, 5) is 25.7. The van der Waals surface area contributed by atoms with Gasteiger partial charge in [-0.1, -0.05) is 383 Å². The van der Waals surface area contributed by atoms with Gasteiger partial charge in [0.05, 0.1) is 39.9 Å². The average molecular weight is 1300 g/mol. The van der Waals surface area contributed by atoms with Gasteiger partial charge in [-0.25, -0.2) is 0 Å². The molecule has 0 heterocycles. The van der Waals surface area contributed by atoms with Crippen molar-refractivity contribution in [1.29, 1.82) is 0 Å². The summed E-state index contributed by atoms with van der Waals surface area (Å²) in [5, 5.41) is 14.0. The zero-order chi connectivity index (χ0) is 66.2. The number of allylic oxidation sites excluding steroid dienone is 9. The van der Waals surface area contributed by atoms with Gasteiger partial charge in [-0.2, -0.15) is 0 Å². The minimum absolute atomic E-state index is 0.00808. The lowest BCUT2D eigenvalue weighted by Gasteiger charge is -2.29. The highest BCUT2D eigenvalue weighted by atomic mass is 31.2. The number of unbranched alkanes of at least 4 members (excludes halogenated alkanes) is 54. The molecule has 1 amide bonds. The molecule has 2 N–H and O–H groups in total. The van der Waals surface area contributed by atoms with Crippen LogP contribution in [0.4, 0.5) is 0 Å². The second-order valence-electron chi connectivity index (χ2n) is 28.8. The molecule has 3 unspecified atom stereocenters. The monoisotopic (exact) mass is 1300 g/mol. The van der Waals surface area contributed by atoms with Crippen LogP contribution < -0.4 is 10.2 Å². The molecule has 0 aliphatic heterocycles. The van der Waals surface area contributed by atoms with Crippen molar-refractivity contribution in [2.75, 3.05) is 40.9 Å². The second-order valence-corrected chi connectivity index (χ2v) is 30.2. The summed E-state index contributed by atoms with van der Waals surface area (Å²) < 4.78 is 23.5. The minimum atomic E-state index is -4.62. The van der Waals surface area contributed by atoms with Gasteiger partial charge in [0.2, 0.25) is 5.91 Å². The number of amides is 1. The van der Waals surface area contributed by atoms with Gasteiger partial charge in [-0.05, 0) is 77.0 Å². The van der Waals surface area contributed by atoms with E-state index in [1.165, 1.54) is 334 Å². The summed E-state index contributed by atoms with van der Waals surface area (Å²) >= 11 is 0. The predicted octanol–water partition coefficient (Wildman–Crippen LogP) is 25.7. The first-order chi connectivity index (χ1) is 44.5. The van der Waals surface area contributed by atoms with Crippen molar-refractivity contribution in [1.82, 2.24) is 5.32 Å². The normalized spacial score (nSPS) is 13.8. The molecule has 536 valence electrons. The van der Waals surface area contributed by atoms with Crippen molar-refractivity contribution in [2.45, 2.75) is 418 Å². The topological polar surface area (TPSA) is 108 Å². The number of rotatable bonds is 75. The fourth-order valence-corrected chi connectivity index (χ4v) is 12.9. The molecule has 0 rings (SSSR count). The molecule has 3 atom stereocenters. The van der Waals surface area contributed by atoms with Crippen LogP contribution in [0.15, 0.2) is 60.8 Å². The van der Waals surface area contributed by atoms with Crippen molar-refractivity contribution in [3.63, 3.8) is 0 Å². The first kappa shape index (κ1) is 89.2. The summed E-state index contributed by atoms with van der Waals surface area (Å²) in [6.07, 6.45) is 101. The molecule has 0 radical (unpaired) electrons. The number of aliphatic hydroxyl groups is 1. The standard InChI is InChI=1S/C82H157N2O6P/c1-6-8-10-12-14-16-18-20-22-24-26-28-30-32-34-36-37-38-39-40-41-42-43-44-45-46-47-48-50-52-54-56-58-60-62-64-66-68-70-72-74-76-82(86)83-80(79-90-91(87,88)89-78-77-84(3,4)5)81(85)75-73-71-69-67-65-63-61-59-57-55-53-51-49-35-33-31-29-27-25-23-21-19-17-15-13-11-9-7-2/h18,20,24,26,57,59,65,67,73,75,80-81,85H,6-17,19,21-23,25,27-56,58,60-64,66,68-72,74,76-79H2,1-5H3,(H-,83,86,87,88)/b20-18-,26-24-,59-57+,67-65+,75-73+. The molecule has 0 saturated heterocycles. The summed E-state index contributed by atoms with van der Waals surface area (Å²) in [5.41, 5.74) is 0. The molecule has 8 nitrogen and oxygen atoms in total. The fraction of sp³-hybridized carbons (Fsp3) is 0.866. The maximum atomic E-state index is 13.1. The van der Waals surface area contributed by atoms with Crippen molar-refractivity contribution in [2.24, 2.45) is 0 Å². The first-order valence-electron chi connectivity index (χ1n) is 40.2. The van der Waals surface area contributed by atoms with E-state index >= 15 is 0 Å². The van der Waals surface area contributed by atoms with E-state index in [-0.39, 0.29) is 12.5 Å². The van der Waals surface area contributed by atoms with Crippen LogP contribution in [0.3, 0.4) is 0 Å². The highest BCUT2D eigenvalue weighted by Crippen LogP contribution is 2.38. The Morgan fingerprint density at radius 1 is 0.385 bits per heavy atom. The van der Waals surface area contributed by atoms with Crippen LogP contribution in [0.5, 0.6) is 0 Å². The lowest BCUT2D eigenvalue weighted by atomic mass is 10.0. The van der Waals surface area contributed by atoms with E-state index in [9.17, 15) is 19.4 Å². The molecule has 0 aliphatic rings. The van der Waals surface area contributed by atoms with Crippen LogP contribution in [0.2, 0.25) is 0 Å². The molecule has 9 heteroatoms. The van der Waals surface area contributed by atoms with E-state index in [0.29, 0.717) is 17.4 Å². The number of phosphoric ester groups is 1. The van der Waals surface area contributed by atoms with E-state index < -0.39 is 26.6 Å². The van der Waals surface area contributed by atoms with Gasteiger partial charge in [0.1, 0.15) is 13.2 Å². The van der Waals surface area contributed by atoms with Gasteiger partial charge in [0.25, 0.3) is 7.82 Å². The van der Waals surface area contributed by atoms with Crippen molar-refractivity contribution < 1.29 is 32.9 Å². The molecule has 0 aromatic heterocycles. The smallest absolute Gasteiger partial charge is 0.268 e. The number of hydrogen-bond acceptors (Lipinski definition) is 6. The molecule has 0 aromatic rings. The number of nitrogens with one attached hydrogen (secondary N) is 1. The van der Waals surface area contributed by atoms with Gasteiger partial charge in [-0.3, -0.25) is 9.36 Å². The predicted molar refractivity (Wildman–Crippen MR) is 399 cm³/mol. The quantitative estimate of drug-likeness (QED) is 0.0272. The number of hydrogen-bond donors (Lipinski definition) is 2. The highest BCUT2D eigenvalue weighted by Gasteiger charge is 2.23. The van der Waals surface area contributed by atoms with Crippen molar-refractivity contribution >= 4 is 13.7 Å². The molecule has 0 fully saturated rings. The molecule has 0 bridgehead atoms. The zero-order valence-electron chi connectivity index (χ0n) is 61.6. The highest BCUT2D eigenvalue weighted by molar-refractivity contribution is 7.45. The summed E-state index contributed by atoms with van der Waals surface area (Å²) in [7, 11) is 1.25. The maximum Gasteiger partial charge on any atom is 0.268 e. The Bertz CT molecular complexity index is 1670. The second kappa shape index (κ2) is 72.5. The van der Waals surface area contributed by atoms with E-state index in [0.717, 1.165) is 51.4 Å². The van der Waals surface area contributed by atoms with Crippen LogP contribution in [0.25, 0.3) is 0 Å². The van der Waals surface area contributed by atoms with Gasteiger partial charge < -0.3 is 28.8 Å². The summed E-state index contributed by atoms with van der Waals surface area (Å²) in [6, 6.07) is -0.912. The van der Waals surface area contributed by atoms with Crippen LogP contribution in [-0.2, 0) is 18.4 Å². The van der Waals surface area contributed by atoms with E-state index in [1.807, 2.05) is 27.2 Å². The third kappa shape index (κ3) is 75.4. The Kier molecular flexibility index (Phi) is 71.0. The maximum absolute atomic E-state index is 13.1. The van der Waals surface area contributed by atoms with Gasteiger partial charge >= 0.3 is 0 Å². The Morgan fingerprint density at radius 2 is 0.648 bits per heavy atom. The Hall–Kier alpha value is -1.80. The van der Waals surface area contributed by atoms with Gasteiger partial charge in [-0.15, -0.1) is 0 Å². The lowest BCUT2D eigenvalue weighted by molar-refractivity contribution is -0.870. The number of likely N-dealkylation sites (N-methyl/N-ethyl adjacent to an activating group) is 1. The van der Waals surface area contributed by atoms with Crippen molar-refractivity contribution in [3.05, 3.63) is 60.8 Å². The number of carbonyl (C=O) groups excluding carboxylic acids is 1. The van der Waals surface area contributed by atoms with Gasteiger partial charge in [0, 0.05) is 6.42 Å². The molecule has 0 saturated carbocycles. The van der Waals surface area contributed by atoms with Crippen LogP contribution in [0.1, 0.15) is 406 Å². The molecular formula is C82H157N2O6P. The molecular weight excluding hydrogens is 1140 g/mol. The summed E-state index contributed by atoms with van der Waals surface area (Å²) in [6.45, 7) is 4.67. The zero-order valence-corrected chi connectivity index (χ0v) is 62.5. The number of phosphoric acid groups is 1. The third-order valence-electron chi connectivity index (χ3n) is 18.4. The average Bonchev–Trinajstić information content (AvgIpc) is 3.59. The Balaban J connectivity index is 3.96. The van der Waals surface area contributed by atoms with Crippen molar-refractivity contribution in [3.8, 4) is 0 Å². The SMILES string of the molecule is CCCCCCC/C=C\C/C=C\CCCCCCCCCCCCCCCCCCCCCCCCCCCCCCCC(=O)NC(COP(=O)([O-])OCC[N+](C)(C)C)C(O)/C=C/CC/C=C/CC/C=C/CCCCCCCCCCCCCCCCCCCC. The number of quaternary nitrogens is 1. The number of nitrogens with zero attached hydrogens (tertiary/aromatic N) is 1. The van der Waals surface area contributed by atoms with Crippen LogP contribution in [-0.4, -0.2) is 68.5 Å². The lowest BCUT2D eigenvalue weighted by Crippen LogP contribution is -2.45. The number of carbonyl (C=O) groups is 1. The minimum Gasteiger partial charge on any atom is -0.756 e. The molecule has 0 aromatic carbocycles. The third-order valence-corrected chi connectivity index (χ3v) is 19.4. The van der Waals surface area contributed by atoms with E-state index in [2.05, 4.69) is 67.8 Å². The Morgan fingerprint density at radius 3 is 0.956 bits per heavy atom. The fourth-order valence-electron chi connectivity index (χ4n) is 12.2. The molecule has 0 aliphatic carbocycles. The largest absolute Gasteiger partial charge is 0.756 e. The molecule has 0 spiro atoms. The van der Waals surface area contributed by atoms with E-state index in [1.54, 1.807) is 6.08 Å². The van der Waals surface area contributed by atoms with Gasteiger partial charge in [0.15, 0.2) is 0 Å². The first-order valence-corrected chi connectivity index (χ1v) is 41.6. The van der Waals surface area contributed by atoms with Crippen LogP contribution >= 0.6 is 7.82 Å². The Labute approximate surface area is 568 Å². The number of aliphatic hydroxyl groups excluding tert-OH is 1. The van der Waals surface area contributed by atoms with Crippen LogP contribution in [0, 0.1) is 0 Å².